The number of rotatable bonds is 6. The molecule has 0 aromatic carbocycles. The van der Waals surface area contributed by atoms with Crippen molar-refractivity contribution in [3.05, 3.63) is 30.1 Å². The molecule has 0 radical (unpaired) electrons. The number of hydrogen-bond acceptors (Lipinski definition) is 5. The van der Waals surface area contributed by atoms with Gasteiger partial charge in [0.2, 0.25) is 5.91 Å². The molecule has 0 bridgehead atoms. The van der Waals surface area contributed by atoms with E-state index in [1.54, 1.807) is 45.3 Å². The molecule has 0 atom stereocenters. The number of carbonyl (C=O) groups excluding carboxylic acids is 3. The van der Waals surface area contributed by atoms with Crippen molar-refractivity contribution in [3.8, 4) is 0 Å². The second-order valence-electron chi connectivity index (χ2n) is 7.95. The fraction of sp³-hybridized carbons (Fsp3) is 0.600. The normalized spacial score (nSPS) is 15.0. The highest BCUT2D eigenvalue weighted by Crippen LogP contribution is 2.18. The number of alkyl carbamates (subject to hydrolysis) is 1. The van der Waals surface area contributed by atoms with Gasteiger partial charge in [-0.15, -0.1) is 0 Å². The number of nitrogens with zero attached hydrogens (tertiary/aromatic N) is 2. The van der Waals surface area contributed by atoms with E-state index in [0.29, 0.717) is 31.1 Å². The number of aromatic nitrogens is 1. The Bertz CT molecular complexity index is 665. The maximum atomic E-state index is 12.4. The van der Waals surface area contributed by atoms with Crippen LogP contribution in [0.15, 0.2) is 24.5 Å². The SMILES string of the molecule is CC(C)(C)OC(=O)NCCC(=O)NCC1CCN(C(=O)c2ccncc2)CC1. The Morgan fingerprint density at radius 3 is 2.39 bits per heavy atom. The van der Waals surface area contributed by atoms with Crippen molar-refractivity contribution in [1.82, 2.24) is 20.5 Å². The molecule has 0 aliphatic carbocycles. The summed E-state index contributed by atoms with van der Waals surface area (Å²) in [6, 6.07) is 3.44. The molecule has 1 aromatic heterocycles. The molecule has 2 rings (SSSR count). The topological polar surface area (TPSA) is 101 Å². The van der Waals surface area contributed by atoms with Crippen molar-refractivity contribution >= 4 is 17.9 Å². The molecule has 0 spiro atoms. The summed E-state index contributed by atoms with van der Waals surface area (Å²) in [6.45, 7) is 7.55. The maximum Gasteiger partial charge on any atom is 0.407 e. The zero-order chi connectivity index (χ0) is 20.6. The second-order valence-corrected chi connectivity index (χ2v) is 7.95. The first kappa shape index (κ1) is 21.7. The van der Waals surface area contributed by atoms with Gasteiger partial charge in [-0.1, -0.05) is 0 Å². The van der Waals surface area contributed by atoms with Gasteiger partial charge in [-0.2, -0.15) is 0 Å². The van der Waals surface area contributed by atoms with Gasteiger partial charge in [0.05, 0.1) is 0 Å². The summed E-state index contributed by atoms with van der Waals surface area (Å²) in [5, 5.41) is 5.48. The zero-order valence-corrected chi connectivity index (χ0v) is 16.9. The van der Waals surface area contributed by atoms with Gasteiger partial charge in [0, 0.05) is 50.6 Å². The summed E-state index contributed by atoms with van der Waals surface area (Å²) < 4.78 is 5.12. The van der Waals surface area contributed by atoms with Crippen molar-refractivity contribution in [1.29, 1.82) is 0 Å². The molecule has 28 heavy (non-hydrogen) atoms. The number of hydrogen-bond donors (Lipinski definition) is 2. The summed E-state index contributed by atoms with van der Waals surface area (Å²) in [5.74, 6) is 0.272. The molecular weight excluding hydrogens is 360 g/mol. The van der Waals surface area contributed by atoms with Gasteiger partial charge in [0.25, 0.3) is 5.91 Å². The smallest absolute Gasteiger partial charge is 0.407 e. The number of amides is 3. The maximum absolute atomic E-state index is 12.4. The number of carbonyl (C=O) groups is 3. The van der Waals surface area contributed by atoms with Crippen molar-refractivity contribution in [2.24, 2.45) is 5.92 Å². The highest BCUT2D eigenvalue weighted by Gasteiger charge is 2.24. The molecule has 1 fully saturated rings. The Kier molecular flexibility index (Phi) is 7.78. The Morgan fingerprint density at radius 2 is 1.79 bits per heavy atom. The van der Waals surface area contributed by atoms with Crippen LogP contribution < -0.4 is 10.6 Å². The van der Waals surface area contributed by atoms with Gasteiger partial charge in [-0.05, 0) is 51.7 Å². The monoisotopic (exact) mass is 390 g/mol. The molecule has 1 aliphatic rings. The van der Waals surface area contributed by atoms with E-state index in [9.17, 15) is 14.4 Å². The summed E-state index contributed by atoms with van der Waals surface area (Å²) in [4.78, 5) is 41.7. The van der Waals surface area contributed by atoms with Gasteiger partial charge >= 0.3 is 6.09 Å². The minimum absolute atomic E-state index is 0.0260. The molecule has 8 nitrogen and oxygen atoms in total. The molecule has 0 unspecified atom stereocenters. The zero-order valence-electron chi connectivity index (χ0n) is 16.9. The van der Waals surface area contributed by atoms with Gasteiger partial charge in [-0.3, -0.25) is 14.6 Å². The third kappa shape index (κ3) is 7.54. The Morgan fingerprint density at radius 1 is 1.14 bits per heavy atom. The van der Waals surface area contributed by atoms with Crippen LogP contribution in [0.3, 0.4) is 0 Å². The van der Waals surface area contributed by atoms with Gasteiger partial charge < -0.3 is 20.3 Å². The third-order valence-corrected chi connectivity index (χ3v) is 4.44. The molecule has 0 saturated carbocycles. The van der Waals surface area contributed by atoms with Crippen LogP contribution in [0.1, 0.15) is 50.4 Å². The number of ether oxygens (including phenoxy) is 1. The van der Waals surface area contributed by atoms with Gasteiger partial charge in [0.15, 0.2) is 0 Å². The first-order chi connectivity index (χ1) is 13.2. The number of pyridine rings is 1. The van der Waals surface area contributed by atoms with Crippen molar-refractivity contribution in [3.63, 3.8) is 0 Å². The van der Waals surface area contributed by atoms with E-state index in [4.69, 9.17) is 4.74 Å². The first-order valence-corrected chi connectivity index (χ1v) is 9.67. The molecule has 154 valence electrons. The average molecular weight is 390 g/mol. The minimum Gasteiger partial charge on any atom is -0.444 e. The van der Waals surface area contributed by atoms with Crippen molar-refractivity contribution in [2.75, 3.05) is 26.2 Å². The van der Waals surface area contributed by atoms with Gasteiger partial charge in [0.1, 0.15) is 5.60 Å². The summed E-state index contributed by atoms with van der Waals surface area (Å²) in [7, 11) is 0. The summed E-state index contributed by atoms with van der Waals surface area (Å²) in [6.07, 6.45) is 4.63. The standard InChI is InChI=1S/C20H30N4O4/c1-20(2,3)28-19(27)22-11-6-17(25)23-14-15-7-12-24(13-8-15)18(26)16-4-9-21-10-5-16/h4-5,9-10,15H,6-8,11-14H2,1-3H3,(H,22,27)(H,23,25). The largest absolute Gasteiger partial charge is 0.444 e. The second kappa shape index (κ2) is 10.1. The average Bonchev–Trinajstić information content (AvgIpc) is 2.65. The van der Waals surface area contributed by atoms with Crippen molar-refractivity contribution in [2.45, 2.75) is 45.6 Å². The predicted octanol–water partition coefficient (Wildman–Crippen LogP) is 1.96. The van der Waals surface area contributed by atoms with E-state index in [1.165, 1.54) is 0 Å². The first-order valence-electron chi connectivity index (χ1n) is 9.67. The minimum atomic E-state index is -0.556. The Labute approximate surface area is 166 Å². The molecule has 1 aliphatic heterocycles. The Hall–Kier alpha value is -2.64. The van der Waals surface area contributed by atoms with Crippen LogP contribution in [0, 0.1) is 5.92 Å². The number of nitrogens with one attached hydrogen (secondary N) is 2. The molecule has 2 heterocycles. The molecule has 1 aromatic rings. The van der Waals surface area contributed by atoms with Crippen molar-refractivity contribution < 1.29 is 19.1 Å². The molecule has 2 N–H and O–H groups in total. The highest BCUT2D eigenvalue weighted by atomic mass is 16.6. The van der Waals surface area contributed by atoms with E-state index in [2.05, 4.69) is 15.6 Å². The van der Waals surface area contributed by atoms with E-state index in [1.807, 2.05) is 4.90 Å². The third-order valence-electron chi connectivity index (χ3n) is 4.44. The fourth-order valence-corrected chi connectivity index (χ4v) is 2.96. The summed E-state index contributed by atoms with van der Waals surface area (Å²) >= 11 is 0. The van der Waals surface area contributed by atoms with Crippen LogP contribution in [-0.2, 0) is 9.53 Å². The lowest BCUT2D eigenvalue weighted by Crippen LogP contribution is -2.42. The van der Waals surface area contributed by atoms with Crippen LogP contribution in [-0.4, -0.2) is 59.6 Å². The lowest BCUT2D eigenvalue weighted by atomic mass is 9.96. The molecule has 3 amide bonds. The highest BCUT2D eigenvalue weighted by molar-refractivity contribution is 5.94. The lowest BCUT2D eigenvalue weighted by Gasteiger charge is -2.32. The van der Waals surface area contributed by atoms with Gasteiger partial charge in [-0.25, -0.2) is 4.79 Å². The van der Waals surface area contributed by atoms with Crippen LogP contribution in [0.2, 0.25) is 0 Å². The van der Waals surface area contributed by atoms with E-state index < -0.39 is 11.7 Å². The quantitative estimate of drug-likeness (QED) is 0.773. The summed E-state index contributed by atoms with van der Waals surface area (Å²) in [5.41, 5.74) is 0.0965. The van der Waals surface area contributed by atoms with Crippen LogP contribution in [0.25, 0.3) is 0 Å². The van der Waals surface area contributed by atoms with Crippen LogP contribution >= 0.6 is 0 Å². The molecule has 8 heteroatoms. The molecular formula is C20H30N4O4. The predicted molar refractivity (Wildman–Crippen MR) is 105 cm³/mol. The van der Waals surface area contributed by atoms with E-state index in [0.717, 1.165) is 12.8 Å². The number of likely N-dealkylation sites (tertiary alicyclic amines) is 1. The van der Waals surface area contributed by atoms with Crippen LogP contribution in [0.4, 0.5) is 4.79 Å². The van der Waals surface area contributed by atoms with E-state index in [-0.39, 0.29) is 24.8 Å². The molecule has 1 saturated heterocycles. The fourth-order valence-electron chi connectivity index (χ4n) is 2.96. The Balaban J connectivity index is 1.61. The number of piperidine rings is 1. The lowest BCUT2D eigenvalue weighted by molar-refractivity contribution is -0.121. The van der Waals surface area contributed by atoms with E-state index >= 15 is 0 Å². The van der Waals surface area contributed by atoms with Crippen LogP contribution in [0.5, 0.6) is 0 Å².